The van der Waals surface area contributed by atoms with Gasteiger partial charge in [-0.3, -0.25) is 4.57 Å². The van der Waals surface area contributed by atoms with E-state index in [1.807, 2.05) is 0 Å². The van der Waals surface area contributed by atoms with Gasteiger partial charge in [0.15, 0.2) is 0 Å². The van der Waals surface area contributed by atoms with Crippen molar-refractivity contribution in [2.45, 2.75) is 13.3 Å². The smallest absolute Gasteiger partial charge is 0.389 e. The van der Waals surface area contributed by atoms with Crippen LogP contribution in [0.5, 0.6) is 0 Å². The minimum absolute atomic E-state index is 0.110. The van der Waals surface area contributed by atoms with Gasteiger partial charge in [0.05, 0.1) is 0 Å². The third kappa shape index (κ3) is 2.12. The highest BCUT2D eigenvalue weighted by Gasteiger charge is 2.29. The molecular formula is C5H11O4P. The van der Waals surface area contributed by atoms with E-state index < -0.39 is 13.1 Å². The summed E-state index contributed by atoms with van der Waals surface area (Å²) in [4.78, 5) is 10.3. The average molecular weight is 166 g/mol. The summed E-state index contributed by atoms with van der Waals surface area (Å²) in [6, 6.07) is 0. The van der Waals surface area contributed by atoms with E-state index in [-0.39, 0.29) is 6.16 Å². The summed E-state index contributed by atoms with van der Waals surface area (Å²) in [6.07, 6.45) is 0.663. The molecule has 0 aromatic rings. The first-order chi connectivity index (χ1) is 4.56. The summed E-state index contributed by atoms with van der Waals surface area (Å²) in [5, 5.41) is 8.38. The van der Waals surface area contributed by atoms with E-state index in [4.69, 9.17) is 5.11 Å². The van der Waals surface area contributed by atoms with Crippen LogP contribution >= 0.6 is 7.37 Å². The second-order valence-electron chi connectivity index (χ2n) is 1.86. The van der Waals surface area contributed by atoms with E-state index in [0.29, 0.717) is 6.42 Å². The highest BCUT2D eigenvalue weighted by molar-refractivity contribution is 7.75. The lowest BCUT2D eigenvalue weighted by molar-refractivity contribution is 0.213. The fourth-order valence-electron chi connectivity index (χ4n) is 0.559. The molecule has 0 heterocycles. The van der Waals surface area contributed by atoms with Gasteiger partial charge in [-0.15, -0.1) is 0 Å². The minimum Gasteiger partial charge on any atom is -0.474 e. The van der Waals surface area contributed by atoms with Crippen molar-refractivity contribution in [1.82, 2.24) is 0 Å². The van der Waals surface area contributed by atoms with Gasteiger partial charge in [0.2, 0.25) is 0 Å². The molecule has 10 heavy (non-hydrogen) atoms. The first-order valence-corrected chi connectivity index (χ1v) is 4.76. The molecule has 0 fully saturated rings. The highest BCUT2D eigenvalue weighted by Crippen LogP contribution is 2.46. The van der Waals surface area contributed by atoms with E-state index in [0.717, 1.165) is 7.11 Å². The van der Waals surface area contributed by atoms with Crippen molar-refractivity contribution >= 4 is 13.1 Å². The number of carbonyl (C=O) groups is 1. The molecule has 0 aromatic carbocycles. The summed E-state index contributed by atoms with van der Waals surface area (Å²) >= 11 is 0. The standard InChI is InChI=1S/C5H11O4P/c1-3-4-10(8,9-2)5(6)7/h3-4H2,1-2H3,(H,6,7). The third-order valence-corrected chi connectivity index (χ3v) is 3.31. The molecule has 0 rings (SSSR count). The van der Waals surface area contributed by atoms with Crippen molar-refractivity contribution in [1.29, 1.82) is 0 Å². The van der Waals surface area contributed by atoms with Crippen LogP contribution in [-0.2, 0) is 9.09 Å². The Balaban J connectivity index is 4.25. The van der Waals surface area contributed by atoms with Gasteiger partial charge in [-0.1, -0.05) is 6.92 Å². The van der Waals surface area contributed by atoms with Gasteiger partial charge in [-0.25, -0.2) is 4.79 Å². The zero-order chi connectivity index (χ0) is 8.20. The summed E-state index contributed by atoms with van der Waals surface area (Å²) in [5.74, 6) is 0. The van der Waals surface area contributed by atoms with Gasteiger partial charge in [0, 0.05) is 13.3 Å². The second-order valence-corrected chi connectivity index (χ2v) is 4.40. The van der Waals surface area contributed by atoms with Crippen LogP contribution in [0.1, 0.15) is 13.3 Å². The molecule has 0 aliphatic carbocycles. The molecular weight excluding hydrogens is 155 g/mol. The Morgan fingerprint density at radius 3 is 2.30 bits per heavy atom. The molecule has 0 amide bonds. The average Bonchev–Trinajstić information content (AvgIpc) is 1.88. The Morgan fingerprint density at radius 2 is 2.20 bits per heavy atom. The van der Waals surface area contributed by atoms with Crippen molar-refractivity contribution in [3.8, 4) is 0 Å². The molecule has 0 spiro atoms. The zero-order valence-electron chi connectivity index (χ0n) is 6.03. The quantitative estimate of drug-likeness (QED) is 0.648. The van der Waals surface area contributed by atoms with Gasteiger partial charge in [-0.2, -0.15) is 0 Å². The van der Waals surface area contributed by atoms with Crippen molar-refractivity contribution in [2.75, 3.05) is 13.3 Å². The summed E-state index contributed by atoms with van der Waals surface area (Å²) in [6.45, 7) is 1.76. The Bertz CT molecular complexity index is 165. The lowest BCUT2D eigenvalue weighted by Gasteiger charge is -2.07. The maximum Gasteiger partial charge on any atom is 0.389 e. The van der Waals surface area contributed by atoms with Crippen LogP contribution in [0.3, 0.4) is 0 Å². The molecule has 4 nitrogen and oxygen atoms in total. The molecule has 0 bridgehead atoms. The minimum atomic E-state index is -3.36. The topological polar surface area (TPSA) is 63.6 Å². The van der Waals surface area contributed by atoms with Crippen LogP contribution in [0.15, 0.2) is 0 Å². The van der Waals surface area contributed by atoms with Crippen molar-refractivity contribution < 1.29 is 19.0 Å². The van der Waals surface area contributed by atoms with Gasteiger partial charge in [0.1, 0.15) is 0 Å². The molecule has 5 heteroatoms. The molecule has 0 radical (unpaired) electrons. The molecule has 0 saturated carbocycles. The zero-order valence-corrected chi connectivity index (χ0v) is 6.93. The monoisotopic (exact) mass is 166 g/mol. The summed E-state index contributed by atoms with van der Waals surface area (Å²) in [5.41, 5.74) is -1.34. The lowest BCUT2D eigenvalue weighted by atomic mass is 10.6. The van der Waals surface area contributed by atoms with E-state index in [9.17, 15) is 9.36 Å². The fourth-order valence-corrected chi connectivity index (χ4v) is 1.68. The highest BCUT2D eigenvalue weighted by atomic mass is 31.2. The normalized spacial score (nSPS) is 16.2. The summed E-state index contributed by atoms with van der Waals surface area (Å²) in [7, 11) is -2.20. The van der Waals surface area contributed by atoms with Crippen molar-refractivity contribution in [3.63, 3.8) is 0 Å². The largest absolute Gasteiger partial charge is 0.474 e. The molecule has 0 aliphatic heterocycles. The van der Waals surface area contributed by atoms with Crippen LogP contribution in [0.2, 0.25) is 0 Å². The van der Waals surface area contributed by atoms with E-state index in [2.05, 4.69) is 4.52 Å². The molecule has 1 N–H and O–H groups in total. The Hall–Kier alpha value is -0.340. The van der Waals surface area contributed by atoms with Crippen LogP contribution in [0.4, 0.5) is 4.79 Å². The number of hydrogen-bond donors (Lipinski definition) is 1. The first kappa shape index (κ1) is 9.66. The lowest BCUT2D eigenvalue weighted by Crippen LogP contribution is -2.01. The van der Waals surface area contributed by atoms with Crippen LogP contribution in [-0.4, -0.2) is 24.1 Å². The second kappa shape index (κ2) is 3.74. The maximum absolute atomic E-state index is 11.1. The van der Waals surface area contributed by atoms with E-state index >= 15 is 0 Å². The Morgan fingerprint density at radius 1 is 1.70 bits per heavy atom. The number of hydrogen-bond acceptors (Lipinski definition) is 3. The predicted molar refractivity (Wildman–Crippen MR) is 37.8 cm³/mol. The van der Waals surface area contributed by atoms with Gasteiger partial charge in [-0.05, 0) is 6.42 Å². The van der Waals surface area contributed by atoms with Crippen molar-refractivity contribution in [3.05, 3.63) is 0 Å². The number of carboxylic acid groups (broad SMARTS) is 1. The summed E-state index contributed by atoms with van der Waals surface area (Å²) < 4.78 is 15.5. The predicted octanol–water partition coefficient (Wildman–Crippen LogP) is 2.00. The van der Waals surface area contributed by atoms with Gasteiger partial charge >= 0.3 is 13.1 Å². The molecule has 1 atom stereocenters. The molecule has 0 saturated heterocycles. The van der Waals surface area contributed by atoms with E-state index in [1.165, 1.54) is 0 Å². The maximum atomic E-state index is 11.1. The molecule has 0 aromatic heterocycles. The Labute approximate surface area is 59.6 Å². The van der Waals surface area contributed by atoms with Gasteiger partial charge < -0.3 is 9.63 Å². The van der Waals surface area contributed by atoms with E-state index in [1.54, 1.807) is 6.92 Å². The van der Waals surface area contributed by atoms with Crippen LogP contribution < -0.4 is 0 Å². The molecule has 0 aliphatic rings. The SMILES string of the molecule is CCCP(=O)(OC)C(=O)O. The molecule has 60 valence electrons. The fraction of sp³-hybridized carbons (Fsp3) is 0.800. The van der Waals surface area contributed by atoms with Gasteiger partial charge in [0.25, 0.3) is 0 Å². The first-order valence-electron chi connectivity index (χ1n) is 2.95. The van der Waals surface area contributed by atoms with Crippen LogP contribution in [0, 0.1) is 0 Å². The Kier molecular flexibility index (Phi) is 3.61. The van der Waals surface area contributed by atoms with Crippen molar-refractivity contribution in [2.24, 2.45) is 0 Å². The third-order valence-electron chi connectivity index (χ3n) is 1.10. The number of rotatable bonds is 4. The molecule has 1 unspecified atom stereocenters. The van der Waals surface area contributed by atoms with Crippen LogP contribution in [0.25, 0.3) is 0 Å².